The Bertz CT molecular complexity index is 761. The summed E-state index contributed by atoms with van der Waals surface area (Å²) in [4.78, 5) is 4.23. The summed E-state index contributed by atoms with van der Waals surface area (Å²) >= 11 is 0. The van der Waals surface area contributed by atoms with Crippen LogP contribution in [-0.2, 0) is 0 Å². The number of para-hydroxylation sites is 2. The monoisotopic (exact) mass is 248 g/mol. The molecule has 0 saturated heterocycles. The highest BCUT2D eigenvalue weighted by Gasteiger charge is 2.31. The Morgan fingerprint density at radius 1 is 0.947 bits per heavy atom. The van der Waals surface area contributed by atoms with Gasteiger partial charge in [0.15, 0.2) is 0 Å². The van der Waals surface area contributed by atoms with Crippen LogP contribution in [0.2, 0.25) is 0 Å². The van der Waals surface area contributed by atoms with Gasteiger partial charge in [-0.2, -0.15) is 0 Å². The predicted molar refractivity (Wildman–Crippen MR) is 72.6 cm³/mol. The molecule has 0 fully saturated rings. The summed E-state index contributed by atoms with van der Waals surface area (Å²) in [6, 6.07) is 15.8. The van der Waals surface area contributed by atoms with Crippen molar-refractivity contribution in [2.24, 2.45) is 0 Å². The second kappa shape index (κ2) is 3.72. The van der Waals surface area contributed by atoms with Gasteiger partial charge in [-0.1, -0.05) is 36.4 Å². The first-order valence-electron chi connectivity index (χ1n) is 6.25. The van der Waals surface area contributed by atoms with Gasteiger partial charge in [0.2, 0.25) is 0 Å². The molecule has 92 valence electrons. The fourth-order valence-corrected chi connectivity index (χ4v) is 2.89. The molecule has 3 heteroatoms. The van der Waals surface area contributed by atoms with E-state index in [1.54, 1.807) is 6.07 Å². The molecule has 0 saturated carbocycles. The zero-order chi connectivity index (χ0) is 12.8. The first-order valence-corrected chi connectivity index (χ1v) is 6.25. The van der Waals surface area contributed by atoms with Crippen LogP contribution in [0.5, 0.6) is 5.75 Å². The molecule has 0 spiro atoms. The van der Waals surface area contributed by atoms with E-state index >= 15 is 0 Å². The third-order valence-corrected chi connectivity index (χ3v) is 3.72. The Morgan fingerprint density at radius 2 is 1.68 bits per heavy atom. The fraction of sp³-hybridized carbons (Fsp3) is 0.0625. The number of benzene rings is 2. The lowest BCUT2D eigenvalue weighted by atomic mass is 9.90. The quantitative estimate of drug-likeness (QED) is 0.562. The topological polar surface area (TPSA) is 38.0 Å². The third kappa shape index (κ3) is 1.35. The fourth-order valence-electron chi connectivity index (χ4n) is 2.89. The van der Waals surface area contributed by atoms with Crippen LogP contribution in [-0.4, -0.2) is 14.7 Å². The van der Waals surface area contributed by atoms with Gasteiger partial charge < -0.3 is 9.67 Å². The van der Waals surface area contributed by atoms with Crippen molar-refractivity contribution in [3.05, 3.63) is 77.9 Å². The predicted octanol–water partition coefficient (Wildman–Crippen LogP) is 3.07. The van der Waals surface area contributed by atoms with Crippen molar-refractivity contribution < 1.29 is 5.11 Å². The Morgan fingerprint density at radius 3 is 2.53 bits per heavy atom. The van der Waals surface area contributed by atoms with Gasteiger partial charge in [0.25, 0.3) is 0 Å². The maximum Gasteiger partial charge on any atom is 0.119 e. The van der Waals surface area contributed by atoms with E-state index in [1.807, 2.05) is 42.9 Å². The van der Waals surface area contributed by atoms with E-state index < -0.39 is 0 Å². The van der Waals surface area contributed by atoms with Crippen LogP contribution >= 0.6 is 0 Å². The highest BCUT2D eigenvalue weighted by Crippen LogP contribution is 2.44. The lowest BCUT2D eigenvalue weighted by Gasteiger charge is -2.13. The molecule has 2 aromatic carbocycles. The molecule has 3 aromatic rings. The minimum atomic E-state index is 0.0555. The first kappa shape index (κ1) is 10.4. The number of hydrogen-bond donors (Lipinski definition) is 1. The van der Waals surface area contributed by atoms with Crippen LogP contribution < -0.4 is 0 Å². The molecule has 1 atom stereocenters. The average molecular weight is 248 g/mol. The highest BCUT2D eigenvalue weighted by atomic mass is 16.3. The standard InChI is InChI=1S/C16H12N2O/c19-15-8-4-2-6-12(15)16-11-5-1-3-7-13(11)18-10-17-9-14(16)18/h1-10,16,19H. The minimum absolute atomic E-state index is 0.0555. The van der Waals surface area contributed by atoms with E-state index in [9.17, 15) is 5.11 Å². The van der Waals surface area contributed by atoms with Crippen molar-refractivity contribution in [2.75, 3.05) is 0 Å². The Kier molecular flexibility index (Phi) is 2.03. The molecule has 2 heterocycles. The number of phenols is 1. The zero-order valence-corrected chi connectivity index (χ0v) is 10.2. The van der Waals surface area contributed by atoms with Crippen molar-refractivity contribution in [1.29, 1.82) is 0 Å². The summed E-state index contributed by atoms with van der Waals surface area (Å²) in [7, 11) is 0. The molecule has 3 nitrogen and oxygen atoms in total. The van der Waals surface area contributed by atoms with Crippen LogP contribution in [0.4, 0.5) is 0 Å². The molecule has 0 amide bonds. The smallest absolute Gasteiger partial charge is 0.119 e. The number of hydrogen-bond acceptors (Lipinski definition) is 2. The SMILES string of the molecule is Oc1ccccc1C1c2ccccc2-n2cncc21. The van der Waals surface area contributed by atoms with Crippen LogP contribution in [0, 0.1) is 0 Å². The first-order chi connectivity index (χ1) is 9.36. The molecule has 1 aromatic heterocycles. The lowest BCUT2D eigenvalue weighted by Crippen LogP contribution is -1.99. The van der Waals surface area contributed by atoms with Crippen LogP contribution in [0.1, 0.15) is 22.7 Å². The number of imidazole rings is 1. The molecule has 1 aliphatic heterocycles. The van der Waals surface area contributed by atoms with Gasteiger partial charge in [0.1, 0.15) is 5.75 Å². The summed E-state index contributed by atoms with van der Waals surface area (Å²) in [6.45, 7) is 0. The molecule has 0 radical (unpaired) electrons. The molecule has 4 rings (SSSR count). The van der Waals surface area contributed by atoms with E-state index in [0.29, 0.717) is 5.75 Å². The Hall–Kier alpha value is -2.55. The summed E-state index contributed by atoms with van der Waals surface area (Å²) < 4.78 is 2.09. The summed E-state index contributed by atoms with van der Waals surface area (Å²) in [5.41, 5.74) is 4.38. The van der Waals surface area contributed by atoms with Gasteiger partial charge in [-0.05, 0) is 17.7 Å². The van der Waals surface area contributed by atoms with Gasteiger partial charge >= 0.3 is 0 Å². The van der Waals surface area contributed by atoms with Crippen molar-refractivity contribution in [3.63, 3.8) is 0 Å². The molecular formula is C16H12N2O. The van der Waals surface area contributed by atoms with Crippen molar-refractivity contribution in [3.8, 4) is 11.4 Å². The molecule has 1 N–H and O–H groups in total. The van der Waals surface area contributed by atoms with Gasteiger partial charge in [0.05, 0.1) is 23.6 Å². The molecule has 1 unspecified atom stereocenters. The Balaban J connectivity index is 2.02. The lowest BCUT2D eigenvalue weighted by molar-refractivity contribution is 0.467. The molecule has 0 bridgehead atoms. The number of nitrogens with zero attached hydrogens (tertiary/aromatic N) is 2. The number of phenolic OH excluding ortho intramolecular Hbond substituents is 1. The van der Waals surface area contributed by atoms with Gasteiger partial charge in [0, 0.05) is 11.8 Å². The zero-order valence-electron chi connectivity index (χ0n) is 10.2. The van der Waals surface area contributed by atoms with Crippen molar-refractivity contribution in [1.82, 2.24) is 9.55 Å². The largest absolute Gasteiger partial charge is 0.508 e. The number of aromatic nitrogens is 2. The average Bonchev–Trinajstić information content (AvgIpc) is 3.00. The second-order valence-corrected chi connectivity index (χ2v) is 4.74. The van der Waals surface area contributed by atoms with Crippen LogP contribution in [0.15, 0.2) is 61.1 Å². The molecule has 1 aliphatic rings. The molecule has 0 aliphatic carbocycles. The summed E-state index contributed by atoms with van der Waals surface area (Å²) in [5, 5.41) is 10.1. The van der Waals surface area contributed by atoms with Gasteiger partial charge in [-0.3, -0.25) is 0 Å². The Labute approximate surface area is 110 Å². The number of rotatable bonds is 1. The molecular weight excluding hydrogens is 236 g/mol. The minimum Gasteiger partial charge on any atom is -0.508 e. The highest BCUT2D eigenvalue weighted by molar-refractivity contribution is 5.59. The van der Waals surface area contributed by atoms with E-state index in [2.05, 4.69) is 21.7 Å². The summed E-state index contributed by atoms with van der Waals surface area (Å²) in [6.07, 6.45) is 3.70. The maximum atomic E-state index is 10.1. The maximum absolute atomic E-state index is 10.1. The van der Waals surface area contributed by atoms with Crippen LogP contribution in [0.3, 0.4) is 0 Å². The normalized spacial score (nSPS) is 16.1. The summed E-state index contributed by atoms with van der Waals surface area (Å²) in [5.74, 6) is 0.386. The molecule has 19 heavy (non-hydrogen) atoms. The van der Waals surface area contributed by atoms with Gasteiger partial charge in [-0.15, -0.1) is 0 Å². The third-order valence-electron chi connectivity index (χ3n) is 3.72. The second-order valence-electron chi connectivity index (χ2n) is 4.74. The van der Waals surface area contributed by atoms with Crippen molar-refractivity contribution >= 4 is 0 Å². The number of aromatic hydroxyl groups is 1. The van der Waals surface area contributed by atoms with E-state index in [-0.39, 0.29) is 5.92 Å². The van der Waals surface area contributed by atoms with E-state index in [1.165, 1.54) is 5.56 Å². The van der Waals surface area contributed by atoms with E-state index in [0.717, 1.165) is 16.9 Å². The van der Waals surface area contributed by atoms with Gasteiger partial charge in [-0.25, -0.2) is 4.98 Å². The number of fused-ring (bicyclic) bond motifs is 3. The van der Waals surface area contributed by atoms with Crippen LogP contribution in [0.25, 0.3) is 5.69 Å². The van der Waals surface area contributed by atoms with E-state index in [4.69, 9.17) is 0 Å². The van der Waals surface area contributed by atoms with Crippen molar-refractivity contribution in [2.45, 2.75) is 5.92 Å².